The van der Waals surface area contributed by atoms with Crippen molar-refractivity contribution in [3.63, 3.8) is 0 Å². The minimum absolute atomic E-state index is 0.0174. The van der Waals surface area contributed by atoms with E-state index in [9.17, 15) is 18.0 Å². The molecule has 1 saturated carbocycles. The summed E-state index contributed by atoms with van der Waals surface area (Å²) in [6.07, 6.45) is 6.14. The van der Waals surface area contributed by atoms with Crippen LogP contribution in [0.4, 0.5) is 10.8 Å². The van der Waals surface area contributed by atoms with Crippen molar-refractivity contribution in [2.75, 3.05) is 10.0 Å². The van der Waals surface area contributed by atoms with Gasteiger partial charge in [0.25, 0.3) is 21.8 Å². The van der Waals surface area contributed by atoms with Crippen molar-refractivity contribution < 1.29 is 18.0 Å². The Kier molecular flexibility index (Phi) is 5.81. The first-order valence-electron chi connectivity index (χ1n) is 9.44. The second kappa shape index (κ2) is 8.37. The van der Waals surface area contributed by atoms with Crippen molar-refractivity contribution in [1.29, 1.82) is 0 Å². The van der Waals surface area contributed by atoms with Gasteiger partial charge in [-0.25, -0.2) is 13.4 Å². The molecule has 1 aliphatic heterocycles. The van der Waals surface area contributed by atoms with Crippen molar-refractivity contribution >= 4 is 55.6 Å². The van der Waals surface area contributed by atoms with Crippen LogP contribution in [0.5, 0.6) is 0 Å². The van der Waals surface area contributed by atoms with Gasteiger partial charge in [0, 0.05) is 23.3 Å². The maximum absolute atomic E-state index is 12.8. The number of hydrogen-bond acceptors (Lipinski definition) is 7. The highest BCUT2D eigenvalue weighted by Gasteiger charge is 2.42. The van der Waals surface area contributed by atoms with E-state index in [4.69, 9.17) is 11.6 Å². The number of anilines is 2. The fourth-order valence-corrected chi connectivity index (χ4v) is 5.62. The van der Waals surface area contributed by atoms with Crippen molar-refractivity contribution in [3.05, 3.63) is 46.6 Å². The van der Waals surface area contributed by atoms with Gasteiger partial charge in [0.05, 0.1) is 4.90 Å². The Morgan fingerprint density at radius 2 is 1.77 bits per heavy atom. The molecule has 2 aromatic rings. The molecular weight excluding hydrogens is 448 g/mol. The van der Waals surface area contributed by atoms with Gasteiger partial charge in [0.2, 0.25) is 0 Å². The van der Waals surface area contributed by atoms with Crippen LogP contribution in [-0.2, 0) is 19.6 Å². The van der Waals surface area contributed by atoms with Crippen molar-refractivity contribution in [1.82, 2.24) is 9.88 Å². The molecule has 1 aromatic heterocycles. The molecule has 158 valence electrons. The molecule has 2 aliphatic rings. The lowest BCUT2D eigenvalue weighted by atomic mass is 9.94. The summed E-state index contributed by atoms with van der Waals surface area (Å²) >= 11 is 7.34. The largest absolute Gasteiger partial charge is 0.350 e. The Bertz CT molecular complexity index is 1090. The van der Waals surface area contributed by atoms with E-state index in [1.165, 1.54) is 46.7 Å². The number of imide groups is 1. The Morgan fingerprint density at radius 3 is 2.40 bits per heavy atom. The zero-order valence-corrected chi connectivity index (χ0v) is 18.2. The number of nitrogens with one attached hydrogen (secondary N) is 2. The van der Waals surface area contributed by atoms with E-state index in [0.29, 0.717) is 5.69 Å². The number of thiazole rings is 1. The molecule has 2 heterocycles. The number of aromatic nitrogens is 1. The van der Waals surface area contributed by atoms with Crippen LogP contribution in [-0.4, -0.2) is 36.2 Å². The smallest absolute Gasteiger partial charge is 0.279 e. The van der Waals surface area contributed by atoms with Gasteiger partial charge in [-0.1, -0.05) is 30.9 Å². The first-order valence-corrected chi connectivity index (χ1v) is 12.2. The van der Waals surface area contributed by atoms with E-state index in [1.54, 1.807) is 5.38 Å². The average molecular weight is 467 g/mol. The van der Waals surface area contributed by atoms with Gasteiger partial charge < -0.3 is 5.32 Å². The number of hydrogen-bond donors (Lipinski definition) is 2. The Morgan fingerprint density at radius 1 is 1.07 bits per heavy atom. The van der Waals surface area contributed by atoms with Gasteiger partial charge in [-0.2, -0.15) is 0 Å². The molecule has 0 saturated heterocycles. The Labute approximate surface area is 183 Å². The lowest BCUT2D eigenvalue weighted by molar-refractivity contribution is -0.140. The highest BCUT2D eigenvalue weighted by atomic mass is 35.5. The predicted octanol–water partition coefficient (Wildman–Crippen LogP) is 3.51. The SMILES string of the molecule is O=C1C(Cl)=C(Nc2ccc(S(=O)(=O)Nc3nccs3)cc2)C(=O)N1C1CCCCC1. The predicted molar refractivity (Wildman–Crippen MR) is 115 cm³/mol. The van der Waals surface area contributed by atoms with E-state index in [0.717, 1.165) is 32.1 Å². The summed E-state index contributed by atoms with van der Waals surface area (Å²) in [5.41, 5.74) is 0.465. The fourth-order valence-electron chi connectivity index (χ4n) is 3.61. The Hall–Kier alpha value is -2.43. The molecule has 11 heteroatoms. The summed E-state index contributed by atoms with van der Waals surface area (Å²) in [6, 6.07) is 5.68. The molecule has 1 aliphatic carbocycles. The van der Waals surface area contributed by atoms with Crippen LogP contribution < -0.4 is 10.0 Å². The molecule has 1 fully saturated rings. The molecule has 0 radical (unpaired) electrons. The van der Waals surface area contributed by atoms with Crippen LogP contribution in [0, 0.1) is 0 Å². The van der Waals surface area contributed by atoms with Crippen LogP contribution in [0.2, 0.25) is 0 Å². The van der Waals surface area contributed by atoms with E-state index in [-0.39, 0.29) is 26.8 Å². The number of benzene rings is 1. The lowest BCUT2D eigenvalue weighted by Crippen LogP contribution is -2.42. The van der Waals surface area contributed by atoms with Crippen LogP contribution in [0.1, 0.15) is 32.1 Å². The summed E-state index contributed by atoms with van der Waals surface area (Å²) in [4.78, 5) is 30.6. The third-order valence-electron chi connectivity index (χ3n) is 5.09. The van der Waals surface area contributed by atoms with Crippen molar-refractivity contribution in [2.45, 2.75) is 43.0 Å². The van der Waals surface area contributed by atoms with E-state index in [2.05, 4.69) is 15.0 Å². The highest BCUT2D eigenvalue weighted by Crippen LogP contribution is 2.32. The minimum Gasteiger partial charge on any atom is -0.350 e. The van der Waals surface area contributed by atoms with Gasteiger partial charge in [-0.05, 0) is 37.1 Å². The standard InChI is InChI=1S/C19H19ClN4O4S2/c20-15-16(18(26)24(17(15)25)13-4-2-1-3-5-13)22-12-6-8-14(9-7-12)30(27,28)23-19-21-10-11-29-19/h6-11,13,22H,1-5H2,(H,21,23). The number of nitrogens with zero attached hydrogens (tertiary/aromatic N) is 2. The van der Waals surface area contributed by atoms with Crippen LogP contribution in [0.3, 0.4) is 0 Å². The number of sulfonamides is 1. The fraction of sp³-hybridized carbons (Fsp3) is 0.316. The van der Waals surface area contributed by atoms with Gasteiger partial charge in [0.1, 0.15) is 10.7 Å². The summed E-state index contributed by atoms with van der Waals surface area (Å²) < 4.78 is 27.2. The first kappa shape index (κ1) is 20.8. The number of carbonyl (C=O) groups is 2. The first-order chi connectivity index (χ1) is 14.4. The zero-order valence-electron chi connectivity index (χ0n) is 15.8. The Balaban J connectivity index is 1.49. The normalized spacial score (nSPS) is 18.2. The molecule has 30 heavy (non-hydrogen) atoms. The van der Waals surface area contributed by atoms with Gasteiger partial charge >= 0.3 is 0 Å². The molecular formula is C19H19ClN4O4S2. The van der Waals surface area contributed by atoms with Crippen LogP contribution in [0.15, 0.2) is 51.5 Å². The van der Waals surface area contributed by atoms with Crippen LogP contribution in [0.25, 0.3) is 0 Å². The third kappa shape index (κ3) is 4.07. The van der Waals surface area contributed by atoms with Crippen molar-refractivity contribution in [3.8, 4) is 0 Å². The number of carbonyl (C=O) groups excluding carboxylic acids is 2. The number of halogens is 1. The van der Waals surface area contributed by atoms with E-state index in [1.807, 2.05) is 0 Å². The lowest BCUT2D eigenvalue weighted by Gasteiger charge is -2.29. The molecule has 0 spiro atoms. The highest BCUT2D eigenvalue weighted by molar-refractivity contribution is 7.93. The summed E-state index contributed by atoms with van der Waals surface area (Å²) in [5, 5.41) is 4.66. The molecule has 0 atom stereocenters. The quantitative estimate of drug-likeness (QED) is 0.630. The topological polar surface area (TPSA) is 108 Å². The van der Waals surface area contributed by atoms with E-state index < -0.39 is 21.8 Å². The molecule has 0 bridgehead atoms. The summed E-state index contributed by atoms with van der Waals surface area (Å²) in [6.45, 7) is 0. The second-order valence-corrected chi connectivity index (χ2v) is 10.0. The molecule has 8 nitrogen and oxygen atoms in total. The molecule has 0 unspecified atom stereocenters. The minimum atomic E-state index is -3.78. The number of amides is 2. The second-order valence-electron chi connectivity index (χ2n) is 7.05. The molecule has 4 rings (SSSR count). The molecule has 2 amide bonds. The van der Waals surface area contributed by atoms with E-state index >= 15 is 0 Å². The maximum atomic E-state index is 12.8. The average Bonchev–Trinajstić information content (AvgIpc) is 3.31. The zero-order chi connectivity index (χ0) is 21.3. The maximum Gasteiger partial charge on any atom is 0.279 e. The van der Waals surface area contributed by atoms with Gasteiger partial charge in [-0.15, -0.1) is 11.3 Å². The summed E-state index contributed by atoms with van der Waals surface area (Å²) in [7, 11) is -3.78. The third-order valence-corrected chi connectivity index (χ3v) is 7.61. The molecule has 1 aromatic carbocycles. The van der Waals surface area contributed by atoms with Gasteiger partial charge in [0.15, 0.2) is 5.13 Å². The molecule has 2 N–H and O–H groups in total. The van der Waals surface area contributed by atoms with Crippen LogP contribution >= 0.6 is 22.9 Å². The number of rotatable bonds is 6. The van der Waals surface area contributed by atoms with Gasteiger partial charge in [-0.3, -0.25) is 19.2 Å². The monoisotopic (exact) mass is 466 g/mol. The summed E-state index contributed by atoms with van der Waals surface area (Å²) in [5.74, 6) is -0.929. The van der Waals surface area contributed by atoms with Crippen molar-refractivity contribution in [2.24, 2.45) is 0 Å².